The van der Waals surface area contributed by atoms with Crippen molar-refractivity contribution in [2.45, 2.75) is 19.8 Å². The van der Waals surface area contributed by atoms with Gasteiger partial charge in [-0.1, -0.05) is 30.3 Å². The quantitative estimate of drug-likeness (QED) is 0.359. The van der Waals surface area contributed by atoms with Gasteiger partial charge >= 0.3 is 6.01 Å². The zero-order valence-electron chi connectivity index (χ0n) is 19.7. The molecule has 0 aliphatic carbocycles. The second kappa shape index (κ2) is 10.1. The minimum atomic E-state index is 0.416. The number of likely N-dealkylation sites (tertiary alicyclic amines) is 1. The summed E-state index contributed by atoms with van der Waals surface area (Å²) in [4.78, 5) is 11.7. The molecule has 1 aliphatic heterocycles. The van der Waals surface area contributed by atoms with Gasteiger partial charge in [0.25, 0.3) is 0 Å². The number of benzene rings is 3. The molecule has 6 nitrogen and oxygen atoms in total. The number of nitrogens with zero attached hydrogens (tertiary/aromatic N) is 3. The molecule has 0 amide bonds. The first-order valence-corrected chi connectivity index (χ1v) is 11.8. The lowest BCUT2D eigenvalue weighted by atomic mass is 9.98. The molecule has 0 spiro atoms. The number of hydrogen-bond donors (Lipinski definition) is 1. The maximum absolute atomic E-state index is 6.06. The zero-order valence-corrected chi connectivity index (χ0v) is 19.7. The van der Waals surface area contributed by atoms with Crippen LogP contribution in [0, 0.1) is 12.8 Å². The Labute approximate surface area is 200 Å². The molecule has 34 heavy (non-hydrogen) atoms. The Morgan fingerprint density at radius 1 is 0.912 bits per heavy atom. The summed E-state index contributed by atoms with van der Waals surface area (Å²) in [5.41, 5.74) is 2.88. The zero-order chi connectivity index (χ0) is 23.3. The van der Waals surface area contributed by atoms with E-state index in [0.717, 1.165) is 65.4 Å². The molecule has 1 saturated heterocycles. The molecular formula is C28H30N4O2. The fraction of sp³-hybridized carbons (Fsp3) is 0.286. The molecule has 2 heterocycles. The van der Waals surface area contributed by atoms with Crippen molar-refractivity contribution < 1.29 is 9.47 Å². The molecule has 0 atom stereocenters. The van der Waals surface area contributed by atoms with Crippen LogP contribution in [0.2, 0.25) is 0 Å². The van der Waals surface area contributed by atoms with Crippen molar-refractivity contribution in [2.24, 2.45) is 5.92 Å². The normalized spacial score (nSPS) is 14.8. The van der Waals surface area contributed by atoms with Gasteiger partial charge < -0.3 is 19.7 Å². The summed E-state index contributed by atoms with van der Waals surface area (Å²) in [5.74, 6) is 2.92. The summed E-state index contributed by atoms with van der Waals surface area (Å²) in [5, 5.41) is 4.39. The minimum Gasteiger partial charge on any atom is -0.463 e. The van der Waals surface area contributed by atoms with E-state index in [1.165, 1.54) is 0 Å². The standard InChI is InChI=1S/C28H30N4O2/c1-20-7-3-6-10-26(20)34-23-13-11-22(12-14-23)29-27-24-8-4-5-9-25(24)30-28(31-27)33-19-21-15-17-32(2)18-16-21/h3-14,21H,15-19H2,1-2H3,(H,29,30,31). The fourth-order valence-electron chi connectivity index (χ4n) is 4.18. The molecule has 0 radical (unpaired) electrons. The van der Waals surface area contributed by atoms with Crippen molar-refractivity contribution in [3.63, 3.8) is 0 Å². The van der Waals surface area contributed by atoms with Gasteiger partial charge in [-0.2, -0.15) is 9.97 Å². The molecule has 1 fully saturated rings. The number of rotatable bonds is 7. The Hall–Kier alpha value is -3.64. The maximum atomic E-state index is 6.06. The molecule has 174 valence electrons. The number of aromatic nitrogens is 2. The largest absolute Gasteiger partial charge is 0.463 e. The van der Waals surface area contributed by atoms with E-state index in [4.69, 9.17) is 14.5 Å². The van der Waals surface area contributed by atoms with E-state index < -0.39 is 0 Å². The average Bonchev–Trinajstić information content (AvgIpc) is 2.86. The lowest BCUT2D eigenvalue weighted by Gasteiger charge is -2.28. The lowest BCUT2D eigenvalue weighted by Crippen LogP contribution is -2.32. The summed E-state index contributed by atoms with van der Waals surface area (Å²) < 4.78 is 12.1. The van der Waals surface area contributed by atoms with Crippen LogP contribution in [0.3, 0.4) is 0 Å². The molecule has 3 aromatic carbocycles. The van der Waals surface area contributed by atoms with Crippen molar-refractivity contribution in [3.8, 4) is 17.5 Å². The van der Waals surface area contributed by atoms with Crippen LogP contribution in [0.4, 0.5) is 11.5 Å². The number of hydrogen-bond acceptors (Lipinski definition) is 6. The highest BCUT2D eigenvalue weighted by atomic mass is 16.5. The Morgan fingerprint density at radius 2 is 1.65 bits per heavy atom. The number of nitrogens with one attached hydrogen (secondary N) is 1. The third-order valence-electron chi connectivity index (χ3n) is 6.31. The Morgan fingerprint density at radius 3 is 2.44 bits per heavy atom. The van der Waals surface area contributed by atoms with Gasteiger partial charge in [0.2, 0.25) is 0 Å². The third kappa shape index (κ3) is 5.29. The van der Waals surface area contributed by atoms with Crippen molar-refractivity contribution >= 4 is 22.4 Å². The van der Waals surface area contributed by atoms with Gasteiger partial charge in [0.1, 0.15) is 17.3 Å². The fourth-order valence-corrected chi connectivity index (χ4v) is 4.18. The summed E-state index contributed by atoms with van der Waals surface area (Å²) in [7, 11) is 2.17. The van der Waals surface area contributed by atoms with E-state index in [1.807, 2.05) is 79.7 Å². The summed E-state index contributed by atoms with van der Waals surface area (Å²) in [6, 6.07) is 24.3. The summed E-state index contributed by atoms with van der Waals surface area (Å²) >= 11 is 0. The van der Waals surface area contributed by atoms with Crippen LogP contribution in [-0.4, -0.2) is 41.6 Å². The van der Waals surface area contributed by atoms with Crippen molar-refractivity contribution in [1.82, 2.24) is 14.9 Å². The number of ether oxygens (including phenoxy) is 2. The number of anilines is 2. The van der Waals surface area contributed by atoms with Crippen LogP contribution in [0.5, 0.6) is 17.5 Å². The SMILES string of the molecule is Cc1ccccc1Oc1ccc(Nc2nc(OCC3CCN(C)CC3)nc3ccccc23)cc1. The van der Waals surface area contributed by atoms with Gasteiger partial charge in [-0.05, 0) is 93.8 Å². The highest BCUT2D eigenvalue weighted by molar-refractivity contribution is 5.91. The van der Waals surface area contributed by atoms with Crippen LogP contribution in [0.15, 0.2) is 72.8 Å². The Kier molecular flexibility index (Phi) is 6.58. The first-order valence-electron chi connectivity index (χ1n) is 11.8. The molecule has 1 N–H and O–H groups in total. The van der Waals surface area contributed by atoms with Crippen LogP contribution < -0.4 is 14.8 Å². The predicted octanol–water partition coefficient (Wildman–Crippen LogP) is 6.19. The maximum Gasteiger partial charge on any atom is 0.318 e. The van der Waals surface area contributed by atoms with E-state index in [0.29, 0.717) is 18.5 Å². The average molecular weight is 455 g/mol. The molecule has 0 unspecified atom stereocenters. The van der Waals surface area contributed by atoms with Gasteiger partial charge in [0.15, 0.2) is 0 Å². The van der Waals surface area contributed by atoms with Crippen molar-refractivity contribution in [3.05, 3.63) is 78.4 Å². The second-order valence-electron chi connectivity index (χ2n) is 8.95. The summed E-state index contributed by atoms with van der Waals surface area (Å²) in [6.07, 6.45) is 2.29. The van der Waals surface area contributed by atoms with E-state index >= 15 is 0 Å². The minimum absolute atomic E-state index is 0.416. The Balaban J connectivity index is 1.32. The topological polar surface area (TPSA) is 59.5 Å². The van der Waals surface area contributed by atoms with E-state index in [9.17, 15) is 0 Å². The van der Waals surface area contributed by atoms with Crippen LogP contribution in [0.25, 0.3) is 10.9 Å². The van der Waals surface area contributed by atoms with E-state index in [2.05, 4.69) is 22.2 Å². The first-order chi connectivity index (χ1) is 16.6. The third-order valence-corrected chi connectivity index (χ3v) is 6.31. The molecule has 1 aliphatic rings. The number of para-hydroxylation sites is 2. The number of piperidine rings is 1. The van der Waals surface area contributed by atoms with Crippen LogP contribution in [-0.2, 0) is 0 Å². The number of fused-ring (bicyclic) bond motifs is 1. The molecule has 0 bridgehead atoms. The molecule has 1 aromatic heterocycles. The predicted molar refractivity (Wildman–Crippen MR) is 136 cm³/mol. The monoisotopic (exact) mass is 454 g/mol. The molecule has 4 aromatic rings. The molecule has 0 saturated carbocycles. The Bertz CT molecular complexity index is 1250. The molecule has 6 heteroatoms. The smallest absolute Gasteiger partial charge is 0.318 e. The highest BCUT2D eigenvalue weighted by Gasteiger charge is 2.18. The highest BCUT2D eigenvalue weighted by Crippen LogP contribution is 2.29. The van der Waals surface area contributed by atoms with Crippen LogP contribution in [0.1, 0.15) is 18.4 Å². The van der Waals surface area contributed by atoms with Crippen molar-refractivity contribution in [1.29, 1.82) is 0 Å². The molecule has 5 rings (SSSR count). The van der Waals surface area contributed by atoms with E-state index in [1.54, 1.807) is 0 Å². The first kappa shape index (κ1) is 22.2. The van der Waals surface area contributed by atoms with Gasteiger partial charge in [-0.15, -0.1) is 0 Å². The van der Waals surface area contributed by atoms with Gasteiger partial charge in [0.05, 0.1) is 12.1 Å². The number of aryl methyl sites for hydroxylation is 1. The van der Waals surface area contributed by atoms with Crippen molar-refractivity contribution in [2.75, 3.05) is 32.1 Å². The second-order valence-corrected chi connectivity index (χ2v) is 8.95. The van der Waals surface area contributed by atoms with Gasteiger partial charge in [-0.25, -0.2) is 0 Å². The summed E-state index contributed by atoms with van der Waals surface area (Å²) in [6.45, 7) is 4.92. The van der Waals surface area contributed by atoms with Gasteiger partial charge in [0, 0.05) is 11.1 Å². The molecular weight excluding hydrogens is 424 g/mol. The van der Waals surface area contributed by atoms with Crippen LogP contribution >= 0.6 is 0 Å². The van der Waals surface area contributed by atoms with Gasteiger partial charge in [-0.3, -0.25) is 0 Å². The lowest BCUT2D eigenvalue weighted by molar-refractivity contribution is 0.154. The van der Waals surface area contributed by atoms with E-state index in [-0.39, 0.29) is 0 Å².